The molecular formula is C11H16N4O2S. The van der Waals surface area contributed by atoms with Crippen molar-refractivity contribution in [2.75, 3.05) is 27.2 Å². The van der Waals surface area contributed by atoms with Crippen LogP contribution >= 0.6 is 0 Å². The van der Waals surface area contributed by atoms with Crippen LogP contribution in [0.5, 0.6) is 0 Å². The minimum Gasteiger partial charge on any atom is -0.345 e. The Morgan fingerprint density at radius 1 is 1.50 bits per heavy atom. The first-order chi connectivity index (χ1) is 8.57. The summed E-state index contributed by atoms with van der Waals surface area (Å²) in [5.41, 5.74) is 0.582. The van der Waals surface area contributed by atoms with Gasteiger partial charge >= 0.3 is 0 Å². The van der Waals surface area contributed by atoms with Crippen molar-refractivity contribution in [2.45, 2.75) is 4.90 Å². The largest absolute Gasteiger partial charge is 0.345 e. The van der Waals surface area contributed by atoms with Crippen molar-refractivity contribution in [1.82, 2.24) is 19.6 Å². The van der Waals surface area contributed by atoms with Gasteiger partial charge in [0.2, 0.25) is 10.0 Å². The van der Waals surface area contributed by atoms with Crippen LogP contribution in [0.2, 0.25) is 0 Å². The fraction of sp³-hybridized carbons (Fsp3) is 0.364. The zero-order valence-corrected chi connectivity index (χ0v) is 11.2. The van der Waals surface area contributed by atoms with E-state index >= 15 is 0 Å². The quantitative estimate of drug-likeness (QED) is 0.823. The number of aromatic nitrogens is 2. The third-order valence-corrected chi connectivity index (χ3v) is 4.67. The first-order valence-corrected chi connectivity index (χ1v) is 7.04. The number of rotatable bonds is 5. The summed E-state index contributed by atoms with van der Waals surface area (Å²) in [6.07, 6.45) is 3.11. The van der Waals surface area contributed by atoms with Crippen LogP contribution in [0.3, 0.4) is 0 Å². The van der Waals surface area contributed by atoms with Gasteiger partial charge < -0.3 is 10.3 Å². The number of sulfonamides is 1. The van der Waals surface area contributed by atoms with E-state index in [2.05, 4.69) is 15.3 Å². The zero-order chi connectivity index (χ0) is 13.2. The van der Waals surface area contributed by atoms with Crippen molar-refractivity contribution in [2.24, 2.45) is 0 Å². The second kappa shape index (κ2) is 5.05. The Labute approximate surface area is 106 Å². The van der Waals surface area contributed by atoms with E-state index in [-0.39, 0.29) is 4.90 Å². The first-order valence-electron chi connectivity index (χ1n) is 5.60. The predicted octanol–water partition coefficient (Wildman–Crippen LogP) is 0.403. The molecule has 0 aliphatic rings. The highest BCUT2D eigenvalue weighted by atomic mass is 32.2. The van der Waals surface area contributed by atoms with E-state index < -0.39 is 10.0 Å². The summed E-state index contributed by atoms with van der Waals surface area (Å²) in [6.45, 7) is 1.03. The number of hydrogen-bond acceptors (Lipinski definition) is 4. The van der Waals surface area contributed by atoms with Crippen LogP contribution in [0, 0.1) is 0 Å². The Kier molecular flexibility index (Phi) is 3.65. The Bertz CT molecular complexity index is 635. The molecule has 98 valence electrons. The fourth-order valence-electron chi connectivity index (χ4n) is 1.70. The highest BCUT2D eigenvalue weighted by Crippen LogP contribution is 2.23. The van der Waals surface area contributed by atoms with Gasteiger partial charge in [0.05, 0.1) is 0 Å². The summed E-state index contributed by atoms with van der Waals surface area (Å²) in [5.74, 6) is 0. The molecule has 0 unspecified atom stereocenters. The molecule has 18 heavy (non-hydrogen) atoms. The molecule has 0 spiro atoms. The number of fused-ring (bicyclic) bond motifs is 1. The van der Waals surface area contributed by atoms with E-state index in [9.17, 15) is 8.42 Å². The van der Waals surface area contributed by atoms with Crippen LogP contribution in [0.15, 0.2) is 29.4 Å². The van der Waals surface area contributed by atoms with Gasteiger partial charge in [-0.2, -0.15) is 4.31 Å². The van der Waals surface area contributed by atoms with Crippen LogP contribution in [0.1, 0.15) is 0 Å². The van der Waals surface area contributed by atoms with Gasteiger partial charge in [-0.15, -0.1) is 0 Å². The second-order valence-electron chi connectivity index (χ2n) is 3.98. The molecule has 2 aromatic heterocycles. The lowest BCUT2D eigenvalue weighted by atomic mass is 10.3. The molecule has 0 aromatic carbocycles. The van der Waals surface area contributed by atoms with E-state index in [0.29, 0.717) is 24.1 Å². The third-order valence-electron chi connectivity index (χ3n) is 2.78. The van der Waals surface area contributed by atoms with Gasteiger partial charge in [-0.3, -0.25) is 0 Å². The maximum Gasteiger partial charge on any atom is 0.245 e. The van der Waals surface area contributed by atoms with Gasteiger partial charge in [0, 0.05) is 37.9 Å². The van der Waals surface area contributed by atoms with Gasteiger partial charge in [0.1, 0.15) is 10.5 Å². The van der Waals surface area contributed by atoms with Crippen molar-refractivity contribution in [1.29, 1.82) is 0 Å². The third kappa shape index (κ3) is 2.24. The molecular weight excluding hydrogens is 252 g/mol. The number of H-pyrrole nitrogens is 1. The van der Waals surface area contributed by atoms with Gasteiger partial charge in [-0.05, 0) is 19.2 Å². The maximum absolute atomic E-state index is 12.4. The molecule has 6 nitrogen and oxygen atoms in total. The van der Waals surface area contributed by atoms with Crippen molar-refractivity contribution in [3.8, 4) is 0 Å². The average molecular weight is 268 g/mol. The molecule has 0 atom stereocenters. The molecule has 2 N–H and O–H groups in total. The second-order valence-corrected chi connectivity index (χ2v) is 6.00. The van der Waals surface area contributed by atoms with E-state index in [1.54, 1.807) is 32.4 Å². The topological polar surface area (TPSA) is 78.1 Å². The zero-order valence-electron chi connectivity index (χ0n) is 10.3. The lowest BCUT2D eigenvalue weighted by Gasteiger charge is -2.16. The van der Waals surface area contributed by atoms with Gasteiger partial charge in [0.25, 0.3) is 0 Å². The molecule has 7 heteroatoms. The Morgan fingerprint density at radius 3 is 3.00 bits per heavy atom. The maximum atomic E-state index is 12.4. The van der Waals surface area contributed by atoms with E-state index in [1.165, 1.54) is 10.5 Å². The highest BCUT2D eigenvalue weighted by molar-refractivity contribution is 7.89. The van der Waals surface area contributed by atoms with Crippen LogP contribution < -0.4 is 5.32 Å². The monoisotopic (exact) mass is 268 g/mol. The molecule has 0 fully saturated rings. The van der Waals surface area contributed by atoms with Gasteiger partial charge in [-0.1, -0.05) is 0 Å². The Morgan fingerprint density at radius 2 is 2.28 bits per heavy atom. The van der Waals surface area contributed by atoms with Gasteiger partial charge in [0.15, 0.2) is 0 Å². The first kappa shape index (κ1) is 13.0. The average Bonchev–Trinajstić information content (AvgIpc) is 2.80. The highest BCUT2D eigenvalue weighted by Gasteiger charge is 2.23. The summed E-state index contributed by atoms with van der Waals surface area (Å²) in [4.78, 5) is 7.23. The van der Waals surface area contributed by atoms with Crippen molar-refractivity contribution in [3.63, 3.8) is 0 Å². The van der Waals surface area contributed by atoms with Crippen molar-refractivity contribution >= 4 is 21.1 Å². The molecule has 2 rings (SSSR count). The molecule has 0 saturated carbocycles. The number of hydrogen-bond donors (Lipinski definition) is 2. The number of nitrogens with one attached hydrogen (secondary N) is 2. The summed E-state index contributed by atoms with van der Waals surface area (Å²) in [7, 11) is -0.113. The van der Waals surface area contributed by atoms with Crippen LogP contribution in [0.25, 0.3) is 11.0 Å². The molecule has 2 heterocycles. The number of likely N-dealkylation sites (N-methyl/N-ethyl adjacent to an activating group) is 2. The van der Waals surface area contributed by atoms with Crippen LogP contribution in [-0.4, -0.2) is 49.9 Å². The fourth-order valence-corrected chi connectivity index (χ4v) is 3.02. The minimum atomic E-state index is -3.47. The predicted molar refractivity (Wildman–Crippen MR) is 69.8 cm³/mol. The number of aromatic amines is 1. The SMILES string of the molecule is CNCCN(C)S(=O)(=O)c1c[nH]c2ncccc12. The van der Waals surface area contributed by atoms with Crippen LogP contribution in [-0.2, 0) is 10.0 Å². The Balaban J connectivity index is 2.41. The molecule has 2 aromatic rings. The summed E-state index contributed by atoms with van der Waals surface area (Å²) < 4.78 is 26.1. The minimum absolute atomic E-state index is 0.268. The Hall–Kier alpha value is -1.44. The van der Waals surface area contributed by atoms with E-state index in [4.69, 9.17) is 0 Å². The van der Waals surface area contributed by atoms with E-state index in [0.717, 1.165) is 0 Å². The standard InChI is InChI=1S/C11H16N4O2S/c1-12-6-7-15(2)18(16,17)10-8-14-11-9(10)4-3-5-13-11/h3-5,8,12H,6-7H2,1-2H3,(H,13,14). The molecule has 0 radical (unpaired) electrons. The van der Waals surface area contributed by atoms with Crippen LogP contribution in [0.4, 0.5) is 0 Å². The summed E-state index contributed by atoms with van der Waals surface area (Å²) >= 11 is 0. The van der Waals surface area contributed by atoms with Gasteiger partial charge in [-0.25, -0.2) is 13.4 Å². The molecule has 0 amide bonds. The molecule has 0 aliphatic carbocycles. The smallest absolute Gasteiger partial charge is 0.245 e. The summed E-state index contributed by atoms with van der Waals surface area (Å²) in [6, 6.07) is 3.47. The van der Waals surface area contributed by atoms with Crippen molar-refractivity contribution < 1.29 is 8.42 Å². The lowest BCUT2D eigenvalue weighted by molar-refractivity contribution is 0.466. The molecule has 0 saturated heterocycles. The normalized spacial score (nSPS) is 12.4. The van der Waals surface area contributed by atoms with E-state index in [1.807, 2.05) is 0 Å². The molecule has 0 bridgehead atoms. The summed E-state index contributed by atoms with van der Waals surface area (Å²) in [5, 5.41) is 3.55. The van der Waals surface area contributed by atoms with Crippen molar-refractivity contribution in [3.05, 3.63) is 24.5 Å². The molecule has 0 aliphatic heterocycles. The lowest BCUT2D eigenvalue weighted by Crippen LogP contribution is -2.32. The number of pyridine rings is 1. The number of nitrogens with zero attached hydrogens (tertiary/aromatic N) is 2.